The highest BCUT2D eigenvalue weighted by atomic mass is 32.1. The predicted molar refractivity (Wildman–Crippen MR) is 61.1 cm³/mol. The quantitative estimate of drug-likeness (QED) is 0.709. The molecule has 0 N–H and O–H groups in total. The average Bonchev–Trinajstić information content (AvgIpc) is 2.77. The standard InChI is InChI=1S/C12H12N2S/c1-2-3-5-12(9-13,10-14)7-11-4-6-15-8-11/h2,4,6,8H,1,3,5,7H2. The molecule has 0 fully saturated rings. The van der Waals surface area contributed by atoms with Gasteiger partial charge in [-0.15, -0.1) is 6.58 Å². The fourth-order valence-corrected chi connectivity index (χ4v) is 2.06. The molecule has 1 heterocycles. The first-order chi connectivity index (χ1) is 7.26. The molecule has 1 aromatic rings. The van der Waals surface area contributed by atoms with Crippen LogP contribution in [0.1, 0.15) is 18.4 Å². The Morgan fingerprint density at radius 2 is 2.20 bits per heavy atom. The number of allylic oxidation sites excluding steroid dienone is 1. The molecular weight excluding hydrogens is 204 g/mol. The van der Waals surface area contributed by atoms with Crippen LogP contribution in [-0.4, -0.2) is 0 Å². The van der Waals surface area contributed by atoms with Crippen molar-refractivity contribution in [2.45, 2.75) is 19.3 Å². The Hall–Kier alpha value is -1.58. The molecule has 15 heavy (non-hydrogen) atoms. The normalized spacial score (nSPS) is 10.3. The van der Waals surface area contributed by atoms with Crippen molar-refractivity contribution in [1.82, 2.24) is 0 Å². The van der Waals surface area contributed by atoms with Gasteiger partial charge in [-0.1, -0.05) is 6.08 Å². The second kappa shape index (κ2) is 5.34. The molecule has 0 radical (unpaired) electrons. The number of hydrogen-bond donors (Lipinski definition) is 0. The summed E-state index contributed by atoms with van der Waals surface area (Å²) in [5, 5.41) is 22.1. The van der Waals surface area contributed by atoms with Crippen LogP contribution >= 0.6 is 11.3 Å². The van der Waals surface area contributed by atoms with Crippen LogP contribution in [0, 0.1) is 28.1 Å². The summed E-state index contributed by atoms with van der Waals surface area (Å²) in [6.45, 7) is 3.61. The lowest BCUT2D eigenvalue weighted by Gasteiger charge is -2.16. The van der Waals surface area contributed by atoms with Crippen LogP contribution in [0.2, 0.25) is 0 Å². The van der Waals surface area contributed by atoms with Crippen LogP contribution in [-0.2, 0) is 6.42 Å². The lowest BCUT2D eigenvalue weighted by molar-refractivity contribution is 0.479. The van der Waals surface area contributed by atoms with Crippen LogP contribution in [0.25, 0.3) is 0 Å². The molecular formula is C12H12N2S. The first-order valence-corrected chi connectivity index (χ1v) is 5.65. The maximum absolute atomic E-state index is 9.10. The van der Waals surface area contributed by atoms with Gasteiger partial charge in [0.1, 0.15) is 5.41 Å². The zero-order valence-electron chi connectivity index (χ0n) is 8.44. The maximum Gasteiger partial charge on any atom is 0.148 e. The van der Waals surface area contributed by atoms with Gasteiger partial charge in [-0.05, 0) is 35.2 Å². The summed E-state index contributed by atoms with van der Waals surface area (Å²) in [6, 6.07) is 6.23. The second-order valence-electron chi connectivity index (χ2n) is 3.44. The van der Waals surface area contributed by atoms with Gasteiger partial charge < -0.3 is 0 Å². The molecule has 0 saturated heterocycles. The third kappa shape index (κ3) is 2.94. The largest absolute Gasteiger partial charge is 0.197 e. The molecule has 0 aliphatic heterocycles. The summed E-state index contributed by atoms with van der Waals surface area (Å²) in [5.41, 5.74) is 0.169. The fourth-order valence-electron chi connectivity index (χ4n) is 1.39. The molecule has 0 aliphatic carbocycles. The van der Waals surface area contributed by atoms with E-state index >= 15 is 0 Å². The molecule has 0 atom stereocenters. The molecule has 1 rings (SSSR count). The number of hydrogen-bond acceptors (Lipinski definition) is 3. The lowest BCUT2D eigenvalue weighted by Crippen LogP contribution is -2.18. The van der Waals surface area contributed by atoms with E-state index in [0.717, 1.165) is 5.56 Å². The van der Waals surface area contributed by atoms with E-state index < -0.39 is 5.41 Å². The Bertz CT molecular complexity index is 378. The zero-order chi connectivity index (χ0) is 11.1. The van der Waals surface area contributed by atoms with Crippen molar-refractivity contribution in [2.24, 2.45) is 5.41 Å². The summed E-state index contributed by atoms with van der Waals surface area (Å²) in [5.74, 6) is 0. The van der Waals surface area contributed by atoms with Crippen molar-refractivity contribution >= 4 is 11.3 Å². The highest BCUT2D eigenvalue weighted by Gasteiger charge is 2.29. The van der Waals surface area contributed by atoms with E-state index in [2.05, 4.69) is 18.7 Å². The van der Waals surface area contributed by atoms with Crippen molar-refractivity contribution < 1.29 is 0 Å². The van der Waals surface area contributed by atoms with Gasteiger partial charge in [0.2, 0.25) is 0 Å². The molecule has 1 aromatic heterocycles. The molecule has 2 nitrogen and oxygen atoms in total. The van der Waals surface area contributed by atoms with Gasteiger partial charge in [0.05, 0.1) is 12.1 Å². The van der Waals surface area contributed by atoms with Crippen LogP contribution in [0.4, 0.5) is 0 Å². The molecule has 0 spiro atoms. The number of thiophene rings is 1. The third-order valence-corrected chi connectivity index (χ3v) is 3.02. The second-order valence-corrected chi connectivity index (χ2v) is 4.22. The molecule has 0 saturated carbocycles. The van der Waals surface area contributed by atoms with E-state index in [1.54, 1.807) is 17.4 Å². The van der Waals surface area contributed by atoms with Crippen molar-refractivity contribution in [3.05, 3.63) is 35.0 Å². The van der Waals surface area contributed by atoms with Crippen molar-refractivity contribution in [2.75, 3.05) is 0 Å². The first-order valence-electron chi connectivity index (χ1n) is 4.71. The summed E-state index contributed by atoms with van der Waals surface area (Å²) in [7, 11) is 0. The SMILES string of the molecule is C=CCCC(C#N)(C#N)Cc1ccsc1. The predicted octanol–water partition coefficient (Wildman–Crippen LogP) is 3.29. The molecule has 0 unspecified atom stereocenters. The van der Waals surface area contributed by atoms with Crippen LogP contribution < -0.4 is 0 Å². The third-order valence-electron chi connectivity index (χ3n) is 2.29. The number of nitrogens with zero attached hydrogens (tertiary/aromatic N) is 2. The van der Waals surface area contributed by atoms with Crippen molar-refractivity contribution in [1.29, 1.82) is 10.5 Å². The van der Waals surface area contributed by atoms with Crippen LogP contribution in [0.3, 0.4) is 0 Å². The monoisotopic (exact) mass is 216 g/mol. The molecule has 0 aromatic carbocycles. The Morgan fingerprint density at radius 1 is 1.47 bits per heavy atom. The maximum atomic E-state index is 9.10. The highest BCUT2D eigenvalue weighted by Crippen LogP contribution is 2.28. The molecule has 0 amide bonds. The Labute approximate surface area is 94.1 Å². The van der Waals surface area contributed by atoms with E-state index in [0.29, 0.717) is 19.3 Å². The van der Waals surface area contributed by atoms with Crippen molar-refractivity contribution in [3.63, 3.8) is 0 Å². The van der Waals surface area contributed by atoms with Gasteiger partial charge in [-0.25, -0.2) is 0 Å². The van der Waals surface area contributed by atoms with E-state index in [9.17, 15) is 0 Å². The Kier molecular flexibility index (Phi) is 4.09. The minimum absolute atomic E-state index is 0.511. The number of nitriles is 2. The van der Waals surface area contributed by atoms with Crippen molar-refractivity contribution in [3.8, 4) is 12.1 Å². The van der Waals surface area contributed by atoms with Gasteiger partial charge >= 0.3 is 0 Å². The van der Waals surface area contributed by atoms with E-state index in [4.69, 9.17) is 10.5 Å². The summed E-state index contributed by atoms with van der Waals surface area (Å²) < 4.78 is 0. The summed E-state index contributed by atoms with van der Waals surface area (Å²) in [4.78, 5) is 0. The molecule has 0 bridgehead atoms. The van der Waals surface area contributed by atoms with Gasteiger partial charge in [0.15, 0.2) is 0 Å². The molecule has 76 valence electrons. The topological polar surface area (TPSA) is 47.6 Å². The van der Waals surface area contributed by atoms with E-state index in [1.165, 1.54) is 0 Å². The zero-order valence-corrected chi connectivity index (χ0v) is 9.26. The average molecular weight is 216 g/mol. The highest BCUT2D eigenvalue weighted by molar-refractivity contribution is 7.07. The van der Waals surface area contributed by atoms with Gasteiger partial charge in [-0.3, -0.25) is 0 Å². The minimum atomic E-state index is -0.894. The molecule has 3 heteroatoms. The van der Waals surface area contributed by atoms with Gasteiger partial charge in [0, 0.05) is 6.42 Å². The summed E-state index contributed by atoms with van der Waals surface area (Å²) >= 11 is 1.59. The first kappa shape index (κ1) is 11.5. The summed E-state index contributed by atoms with van der Waals surface area (Å²) in [6.07, 6.45) is 3.51. The number of rotatable bonds is 5. The smallest absolute Gasteiger partial charge is 0.148 e. The van der Waals surface area contributed by atoms with Crippen LogP contribution in [0.15, 0.2) is 29.5 Å². The Balaban J connectivity index is 2.79. The van der Waals surface area contributed by atoms with Crippen LogP contribution in [0.5, 0.6) is 0 Å². The van der Waals surface area contributed by atoms with E-state index in [1.807, 2.05) is 16.8 Å². The van der Waals surface area contributed by atoms with Gasteiger partial charge in [-0.2, -0.15) is 21.9 Å². The Morgan fingerprint density at radius 3 is 2.67 bits per heavy atom. The minimum Gasteiger partial charge on any atom is -0.197 e. The van der Waals surface area contributed by atoms with E-state index in [-0.39, 0.29) is 0 Å². The fraction of sp³-hybridized carbons (Fsp3) is 0.333. The van der Waals surface area contributed by atoms with Gasteiger partial charge in [0.25, 0.3) is 0 Å². The molecule has 0 aliphatic rings. The lowest BCUT2D eigenvalue weighted by atomic mass is 9.81.